The molecule has 0 radical (unpaired) electrons. The Bertz CT molecular complexity index is 301. The van der Waals surface area contributed by atoms with E-state index in [1.165, 1.54) is 0 Å². The number of hydrogen-bond acceptors (Lipinski definition) is 0. The van der Waals surface area contributed by atoms with Gasteiger partial charge in [0.25, 0.3) is 0 Å². The van der Waals surface area contributed by atoms with Crippen LogP contribution in [0.1, 0.15) is 12.5 Å². The van der Waals surface area contributed by atoms with E-state index in [4.69, 9.17) is 18.2 Å². The van der Waals surface area contributed by atoms with Crippen molar-refractivity contribution in [3.63, 3.8) is 0 Å². The number of rotatable bonds is 2. The lowest BCUT2D eigenvalue weighted by molar-refractivity contribution is 0.845. The summed E-state index contributed by atoms with van der Waals surface area (Å²) in [5, 5.41) is 0.740. The van der Waals surface area contributed by atoms with Crippen LogP contribution < -0.4 is 0 Å². The van der Waals surface area contributed by atoms with Crippen molar-refractivity contribution in [2.45, 2.75) is 19.4 Å². The first-order valence-corrected chi connectivity index (χ1v) is 4.21. The Labute approximate surface area is 77.8 Å². The van der Waals surface area contributed by atoms with Gasteiger partial charge in [0.1, 0.15) is 0 Å². The van der Waals surface area contributed by atoms with Crippen LogP contribution in [0.25, 0.3) is 4.85 Å². The zero-order valence-electron chi connectivity index (χ0n) is 6.92. The van der Waals surface area contributed by atoms with Crippen LogP contribution in [-0.2, 0) is 6.42 Å². The second-order valence-corrected chi connectivity index (χ2v) is 3.25. The molecule has 0 aliphatic rings. The van der Waals surface area contributed by atoms with Gasteiger partial charge in [-0.1, -0.05) is 23.7 Å². The quantitative estimate of drug-likeness (QED) is 0.615. The van der Waals surface area contributed by atoms with Crippen LogP contribution in [-0.4, -0.2) is 6.04 Å². The first-order valence-electron chi connectivity index (χ1n) is 3.83. The average molecular weight is 180 g/mol. The van der Waals surface area contributed by atoms with Crippen molar-refractivity contribution in [1.82, 2.24) is 0 Å². The molecule has 1 aromatic rings. The Hall–Kier alpha value is -1.00. The molecule has 0 aliphatic carbocycles. The largest absolute Gasteiger partial charge is 0.314 e. The van der Waals surface area contributed by atoms with Crippen molar-refractivity contribution < 1.29 is 0 Å². The number of hydrogen-bond donors (Lipinski definition) is 0. The monoisotopic (exact) mass is 179 g/mol. The molecule has 0 spiro atoms. The standard InChI is InChI=1S/C10H10ClN/c1-8(12-2)6-9-4-3-5-10(11)7-9/h3-5,7-8H,6H2,1H3. The van der Waals surface area contributed by atoms with Crippen molar-refractivity contribution in [3.8, 4) is 0 Å². The van der Waals surface area contributed by atoms with E-state index in [9.17, 15) is 0 Å². The minimum atomic E-state index is 0.0449. The third-order valence-corrected chi connectivity index (χ3v) is 1.88. The third kappa shape index (κ3) is 2.56. The molecule has 62 valence electrons. The second kappa shape index (κ2) is 4.13. The molecular formula is C10H10ClN. The Morgan fingerprint density at radius 3 is 2.92 bits per heavy atom. The molecule has 0 N–H and O–H groups in total. The highest BCUT2D eigenvalue weighted by molar-refractivity contribution is 6.30. The zero-order chi connectivity index (χ0) is 8.97. The molecule has 0 aliphatic heterocycles. The molecule has 0 saturated heterocycles. The molecule has 1 nitrogen and oxygen atoms in total. The first kappa shape index (κ1) is 9.09. The second-order valence-electron chi connectivity index (χ2n) is 2.81. The summed E-state index contributed by atoms with van der Waals surface area (Å²) >= 11 is 5.79. The highest BCUT2D eigenvalue weighted by Crippen LogP contribution is 2.12. The van der Waals surface area contributed by atoms with Crippen molar-refractivity contribution in [1.29, 1.82) is 0 Å². The Balaban J connectivity index is 2.71. The van der Waals surface area contributed by atoms with Gasteiger partial charge in [0, 0.05) is 18.4 Å². The summed E-state index contributed by atoms with van der Waals surface area (Å²) in [4.78, 5) is 3.42. The molecule has 0 amide bonds. The molecule has 0 bridgehead atoms. The van der Waals surface area contributed by atoms with E-state index in [1.807, 2.05) is 31.2 Å². The summed E-state index contributed by atoms with van der Waals surface area (Å²) in [7, 11) is 0. The average Bonchev–Trinajstić information content (AvgIpc) is 2.04. The third-order valence-electron chi connectivity index (χ3n) is 1.64. The van der Waals surface area contributed by atoms with Gasteiger partial charge in [-0.05, 0) is 17.7 Å². The van der Waals surface area contributed by atoms with Gasteiger partial charge >= 0.3 is 0 Å². The lowest BCUT2D eigenvalue weighted by atomic mass is 10.1. The summed E-state index contributed by atoms with van der Waals surface area (Å²) in [5.74, 6) is 0. The molecule has 1 rings (SSSR count). The van der Waals surface area contributed by atoms with Gasteiger partial charge < -0.3 is 4.85 Å². The number of nitrogens with zero attached hydrogens (tertiary/aromatic N) is 1. The maximum absolute atomic E-state index is 6.80. The van der Waals surface area contributed by atoms with E-state index >= 15 is 0 Å². The van der Waals surface area contributed by atoms with Crippen LogP contribution in [0.15, 0.2) is 24.3 Å². The molecule has 0 aromatic heterocycles. The van der Waals surface area contributed by atoms with Gasteiger partial charge in [-0.25, -0.2) is 6.57 Å². The van der Waals surface area contributed by atoms with Gasteiger partial charge in [-0.3, -0.25) is 0 Å². The summed E-state index contributed by atoms with van der Waals surface area (Å²) in [6, 6.07) is 7.70. The van der Waals surface area contributed by atoms with Gasteiger partial charge in [0.2, 0.25) is 6.04 Å². The van der Waals surface area contributed by atoms with E-state index < -0.39 is 0 Å². The summed E-state index contributed by atoms with van der Waals surface area (Å²) in [6.07, 6.45) is 0.782. The first-order chi connectivity index (χ1) is 5.72. The smallest absolute Gasteiger partial charge is 0.225 e. The van der Waals surface area contributed by atoms with Crippen LogP contribution in [0.3, 0.4) is 0 Å². The zero-order valence-corrected chi connectivity index (χ0v) is 7.67. The lowest BCUT2D eigenvalue weighted by Crippen LogP contribution is -1.99. The molecule has 0 heterocycles. The Kier molecular flexibility index (Phi) is 3.13. The van der Waals surface area contributed by atoms with Crippen LogP contribution in [0.2, 0.25) is 5.02 Å². The minimum absolute atomic E-state index is 0.0449. The summed E-state index contributed by atoms with van der Waals surface area (Å²) in [5.41, 5.74) is 1.13. The molecular weight excluding hydrogens is 170 g/mol. The number of halogens is 1. The van der Waals surface area contributed by atoms with E-state index in [1.54, 1.807) is 0 Å². The maximum atomic E-state index is 6.80. The van der Waals surface area contributed by atoms with Gasteiger partial charge in [-0.15, -0.1) is 0 Å². The molecule has 1 aromatic carbocycles. The molecule has 1 atom stereocenters. The summed E-state index contributed by atoms with van der Waals surface area (Å²) in [6.45, 7) is 8.71. The molecule has 12 heavy (non-hydrogen) atoms. The maximum Gasteiger partial charge on any atom is 0.225 e. The van der Waals surface area contributed by atoms with Crippen molar-refractivity contribution in [2.24, 2.45) is 0 Å². The number of benzene rings is 1. The fourth-order valence-electron chi connectivity index (χ4n) is 1.05. The normalized spacial score (nSPS) is 12.1. The van der Waals surface area contributed by atoms with Gasteiger partial charge in [0.15, 0.2) is 0 Å². The Morgan fingerprint density at radius 1 is 1.58 bits per heavy atom. The van der Waals surface area contributed by atoms with Crippen LogP contribution in [0.4, 0.5) is 0 Å². The predicted octanol–water partition coefficient (Wildman–Crippen LogP) is 3.19. The highest BCUT2D eigenvalue weighted by Gasteiger charge is 2.05. The van der Waals surface area contributed by atoms with E-state index in [0.717, 1.165) is 17.0 Å². The predicted molar refractivity (Wildman–Crippen MR) is 51.2 cm³/mol. The van der Waals surface area contributed by atoms with Crippen LogP contribution >= 0.6 is 11.6 Å². The highest BCUT2D eigenvalue weighted by atomic mass is 35.5. The van der Waals surface area contributed by atoms with Crippen LogP contribution in [0, 0.1) is 6.57 Å². The van der Waals surface area contributed by atoms with Crippen molar-refractivity contribution in [3.05, 3.63) is 46.3 Å². The van der Waals surface area contributed by atoms with Crippen molar-refractivity contribution in [2.75, 3.05) is 0 Å². The van der Waals surface area contributed by atoms with E-state index in [-0.39, 0.29) is 6.04 Å². The Morgan fingerprint density at radius 2 is 2.33 bits per heavy atom. The fraction of sp³-hybridized carbons (Fsp3) is 0.300. The van der Waals surface area contributed by atoms with Crippen LogP contribution in [0.5, 0.6) is 0 Å². The van der Waals surface area contributed by atoms with Crippen molar-refractivity contribution >= 4 is 11.6 Å². The SMILES string of the molecule is [C-]#[N+]C(C)Cc1cccc(Cl)c1. The van der Waals surface area contributed by atoms with Gasteiger partial charge in [-0.2, -0.15) is 0 Å². The topological polar surface area (TPSA) is 4.36 Å². The molecule has 1 unspecified atom stereocenters. The van der Waals surface area contributed by atoms with E-state index in [0.29, 0.717) is 0 Å². The lowest BCUT2D eigenvalue weighted by Gasteiger charge is -1.99. The minimum Gasteiger partial charge on any atom is -0.314 e. The molecule has 0 fully saturated rings. The van der Waals surface area contributed by atoms with Gasteiger partial charge in [0.05, 0.1) is 0 Å². The molecule has 2 heteroatoms. The fourth-order valence-corrected chi connectivity index (χ4v) is 1.26. The van der Waals surface area contributed by atoms with E-state index in [2.05, 4.69) is 4.85 Å². The summed E-state index contributed by atoms with van der Waals surface area (Å²) < 4.78 is 0. The molecule has 0 saturated carbocycles.